The third-order valence-corrected chi connectivity index (χ3v) is 3.79. The van der Waals surface area contributed by atoms with Gasteiger partial charge in [0.1, 0.15) is 15.5 Å². The van der Waals surface area contributed by atoms with Crippen molar-refractivity contribution < 1.29 is 4.74 Å². The molecule has 0 aliphatic carbocycles. The number of likely N-dealkylation sites (N-methyl/N-ethyl adjacent to an activating group) is 1. The summed E-state index contributed by atoms with van der Waals surface area (Å²) in [7, 11) is 1.79. The van der Waals surface area contributed by atoms with Gasteiger partial charge in [-0.2, -0.15) is 0 Å². The summed E-state index contributed by atoms with van der Waals surface area (Å²) < 4.78 is 5.30. The van der Waals surface area contributed by atoms with Crippen molar-refractivity contribution in [2.75, 3.05) is 33.4 Å². The van der Waals surface area contributed by atoms with Crippen LogP contribution in [0.4, 0.5) is 0 Å². The molecule has 1 heterocycles. The summed E-state index contributed by atoms with van der Waals surface area (Å²) in [5.41, 5.74) is 5.26. The number of nitrogens with one attached hydrogen (secondary N) is 1. The summed E-state index contributed by atoms with van der Waals surface area (Å²) >= 11 is 10.4. The van der Waals surface area contributed by atoms with E-state index < -0.39 is 5.54 Å². The monoisotopic (exact) mass is 247 g/mol. The highest BCUT2D eigenvalue weighted by Gasteiger charge is 2.39. The Morgan fingerprint density at radius 1 is 1.40 bits per heavy atom. The molecule has 15 heavy (non-hydrogen) atoms. The number of ether oxygens (including phenoxy) is 1. The Kier molecular flexibility index (Phi) is 4.39. The van der Waals surface area contributed by atoms with Crippen molar-refractivity contribution in [2.45, 2.75) is 12.5 Å². The Labute approximate surface area is 101 Å². The van der Waals surface area contributed by atoms with Crippen LogP contribution in [0.2, 0.25) is 0 Å². The van der Waals surface area contributed by atoms with Gasteiger partial charge < -0.3 is 15.8 Å². The first-order chi connectivity index (χ1) is 7.03. The molecule has 0 radical (unpaired) electrons. The average molecular weight is 247 g/mol. The average Bonchev–Trinajstić information content (AvgIpc) is 2.27. The Balaban J connectivity index is 2.88. The third kappa shape index (κ3) is 2.44. The van der Waals surface area contributed by atoms with E-state index in [0.29, 0.717) is 23.2 Å². The van der Waals surface area contributed by atoms with Gasteiger partial charge in [-0.3, -0.25) is 4.90 Å². The minimum Gasteiger partial charge on any atom is -0.391 e. The maximum Gasteiger partial charge on any atom is 0.119 e. The lowest BCUT2D eigenvalue weighted by atomic mass is 9.99. The number of thiocarbonyl (C=S) groups is 2. The molecule has 0 aromatic carbocycles. The molecule has 0 spiro atoms. The van der Waals surface area contributed by atoms with Crippen molar-refractivity contribution in [3.8, 4) is 0 Å². The van der Waals surface area contributed by atoms with Crippen LogP contribution in [0.3, 0.4) is 0 Å². The normalized spacial score (nSPS) is 21.7. The van der Waals surface area contributed by atoms with Gasteiger partial charge in [0.2, 0.25) is 0 Å². The van der Waals surface area contributed by atoms with Crippen molar-refractivity contribution in [2.24, 2.45) is 5.73 Å². The topological polar surface area (TPSA) is 50.5 Å². The summed E-state index contributed by atoms with van der Waals surface area (Å²) in [5, 5.41) is 2.97. The van der Waals surface area contributed by atoms with Gasteiger partial charge in [-0.15, -0.1) is 0 Å². The van der Waals surface area contributed by atoms with Crippen molar-refractivity contribution >= 4 is 34.4 Å². The predicted octanol–water partition coefficient (Wildman–Crippen LogP) is -0.0898. The van der Waals surface area contributed by atoms with Gasteiger partial charge in [-0.25, -0.2) is 0 Å². The number of morpholine rings is 1. The first kappa shape index (κ1) is 12.8. The summed E-state index contributed by atoms with van der Waals surface area (Å²) in [6, 6.07) is 0. The van der Waals surface area contributed by atoms with E-state index in [2.05, 4.69) is 10.2 Å². The summed E-state index contributed by atoms with van der Waals surface area (Å²) in [6.45, 7) is 4.96. The molecule has 1 aliphatic rings. The van der Waals surface area contributed by atoms with Crippen molar-refractivity contribution in [1.29, 1.82) is 0 Å². The minimum absolute atomic E-state index is 0.406. The maximum atomic E-state index is 5.80. The lowest BCUT2D eigenvalue weighted by molar-refractivity contribution is 0.0211. The lowest BCUT2D eigenvalue weighted by Crippen LogP contribution is -2.64. The molecule has 0 amide bonds. The van der Waals surface area contributed by atoms with E-state index in [9.17, 15) is 0 Å². The molecule has 1 fully saturated rings. The first-order valence-corrected chi connectivity index (χ1v) is 5.70. The standard InChI is InChI=1S/C9H17N3OS2/c1-9(7(10)14,8(15)11-2)12-3-5-13-6-4-12/h3-6H2,1-2H3,(H2,10,14)(H,11,15). The molecule has 0 bridgehead atoms. The Hall–Kier alpha value is -0.300. The Morgan fingerprint density at radius 2 is 1.93 bits per heavy atom. The number of nitrogens with zero attached hydrogens (tertiary/aromatic N) is 1. The van der Waals surface area contributed by atoms with E-state index in [1.54, 1.807) is 7.05 Å². The molecule has 3 N–H and O–H groups in total. The van der Waals surface area contributed by atoms with Crippen LogP contribution < -0.4 is 11.1 Å². The molecule has 0 aromatic rings. The maximum absolute atomic E-state index is 5.80. The Bertz CT molecular complexity index is 266. The van der Waals surface area contributed by atoms with Crippen molar-refractivity contribution in [3.05, 3.63) is 0 Å². The minimum atomic E-state index is -0.538. The second kappa shape index (κ2) is 5.16. The fourth-order valence-corrected chi connectivity index (χ4v) is 2.20. The lowest BCUT2D eigenvalue weighted by Gasteiger charge is -2.42. The molecule has 1 unspecified atom stereocenters. The van der Waals surface area contributed by atoms with Gasteiger partial charge in [-0.05, 0) is 6.92 Å². The smallest absolute Gasteiger partial charge is 0.119 e. The van der Waals surface area contributed by atoms with Crippen LogP contribution >= 0.6 is 24.4 Å². The van der Waals surface area contributed by atoms with Gasteiger partial charge >= 0.3 is 0 Å². The highest BCUT2D eigenvalue weighted by Crippen LogP contribution is 2.18. The molecule has 1 rings (SSSR count). The van der Waals surface area contributed by atoms with E-state index in [0.717, 1.165) is 13.1 Å². The highest BCUT2D eigenvalue weighted by molar-refractivity contribution is 7.82. The Morgan fingerprint density at radius 3 is 2.33 bits per heavy atom. The molecule has 1 saturated heterocycles. The number of hydrogen-bond acceptors (Lipinski definition) is 4. The SMILES string of the molecule is CNC(=S)C(C)(C(N)=S)N1CCOCC1. The second-order valence-electron chi connectivity index (χ2n) is 3.62. The second-order valence-corrected chi connectivity index (χ2v) is 4.46. The highest BCUT2D eigenvalue weighted by atomic mass is 32.1. The molecule has 6 heteroatoms. The van der Waals surface area contributed by atoms with Crippen LogP contribution in [-0.4, -0.2) is 53.8 Å². The zero-order valence-corrected chi connectivity index (χ0v) is 10.7. The van der Waals surface area contributed by atoms with Crippen LogP contribution in [-0.2, 0) is 4.74 Å². The number of hydrogen-bond donors (Lipinski definition) is 2. The van der Waals surface area contributed by atoms with Gasteiger partial charge in [0.25, 0.3) is 0 Å². The fourth-order valence-electron chi connectivity index (χ4n) is 1.67. The zero-order valence-electron chi connectivity index (χ0n) is 9.08. The van der Waals surface area contributed by atoms with Gasteiger partial charge in [0.15, 0.2) is 0 Å². The van der Waals surface area contributed by atoms with E-state index in [-0.39, 0.29) is 0 Å². The van der Waals surface area contributed by atoms with Gasteiger partial charge in [0.05, 0.1) is 13.2 Å². The van der Waals surface area contributed by atoms with Crippen LogP contribution in [0, 0.1) is 0 Å². The van der Waals surface area contributed by atoms with E-state index >= 15 is 0 Å². The van der Waals surface area contributed by atoms with Crippen LogP contribution in [0.15, 0.2) is 0 Å². The van der Waals surface area contributed by atoms with Crippen LogP contribution in [0.1, 0.15) is 6.92 Å². The largest absolute Gasteiger partial charge is 0.391 e. The first-order valence-electron chi connectivity index (χ1n) is 4.88. The third-order valence-electron chi connectivity index (χ3n) is 2.79. The molecular weight excluding hydrogens is 230 g/mol. The van der Waals surface area contributed by atoms with Crippen LogP contribution in [0.5, 0.6) is 0 Å². The summed E-state index contributed by atoms with van der Waals surface area (Å²) in [6.07, 6.45) is 0. The molecule has 1 aliphatic heterocycles. The molecular formula is C9H17N3OS2. The van der Waals surface area contributed by atoms with E-state index in [1.165, 1.54) is 0 Å². The van der Waals surface area contributed by atoms with Crippen molar-refractivity contribution in [1.82, 2.24) is 10.2 Å². The molecule has 0 aromatic heterocycles. The molecule has 1 atom stereocenters. The number of rotatable bonds is 3. The molecule has 86 valence electrons. The van der Waals surface area contributed by atoms with Crippen LogP contribution in [0.25, 0.3) is 0 Å². The van der Waals surface area contributed by atoms with Crippen molar-refractivity contribution in [3.63, 3.8) is 0 Å². The number of nitrogens with two attached hydrogens (primary N) is 1. The zero-order chi connectivity index (χ0) is 11.5. The molecule has 0 saturated carbocycles. The van der Waals surface area contributed by atoms with E-state index in [4.69, 9.17) is 34.9 Å². The van der Waals surface area contributed by atoms with Gasteiger partial charge in [-0.1, -0.05) is 24.4 Å². The quantitative estimate of drug-likeness (QED) is 0.680. The van der Waals surface area contributed by atoms with Gasteiger partial charge in [0, 0.05) is 20.1 Å². The van der Waals surface area contributed by atoms with E-state index in [1.807, 2.05) is 6.92 Å². The molecule has 4 nitrogen and oxygen atoms in total. The summed E-state index contributed by atoms with van der Waals surface area (Å²) in [4.78, 5) is 3.23. The predicted molar refractivity (Wildman–Crippen MR) is 69.2 cm³/mol. The summed E-state index contributed by atoms with van der Waals surface area (Å²) in [5.74, 6) is 0. The fraction of sp³-hybridized carbons (Fsp3) is 0.778.